The van der Waals surface area contributed by atoms with Crippen molar-refractivity contribution in [2.75, 3.05) is 0 Å². The van der Waals surface area contributed by atoms with Gasteiger partial charge in [0, 0.05) is 18.3 Å². The van der Waals surface area contributed by atoms with E-state index in [-0.39, 0.29) is 22.0 Å². The fraction of sp³-hybridized carbons (Fsp3) is 0.778. The number of carbonyl (C=O) groups excluding carboxylic acids is 2. The highest BCUT2D eigenvalue weighted by atomic mass is 16.1. The zero-order valence-electron chi connectivity index (χ0n) is 13.2. The molecule has 3 aliphatic rings. The van der Waals surface area contributed by atoms with Gasteiger partial charge in [-0.1, -0.05) is 33.3 Å². The Morgan fingerprint density at radius 3 is 2.40 bits per heavy atom. The SMILES string of the molecule is CC12CCC(=O)C=C1[C@@]1(C)CCC(=O)C(C)(C)[C@@H]1CC2. The molecule has 1 unspecified atom stereocenters. The number of Topliss-reactive ketones (excluding diaryl/α,β-unsaturated/α-hetero) is 1. The summed E-state index contributed by atoms with van der Waals surface area (Å²) < 4.78 is 0. The predicted molar refractivity (Wildman–Crippen MR) is 79.3 cm³/mol. The van der Waals surface area contributed by atoms with Crippen LogP contribution in [0.4, 0.5) is 0 Å². The zero-order chi connectivity index (χ0) is 14.8. The summed E-state index contributed by atoms with van der Waals surface area (Å²) in [4.78, 5) is 24.3. The average molecular weight is 274 g/mol. The first-order valence-corrected chi connectivity index (χ1v) is 7.99. The highest BCUT2D eigenvalue weighted by molar-refractivity contribution is 5.92. The van der Waals surface area contributed by atoms with Gasteiger partial charge in [0.2, 0.25) is 0 Å². The predicted octanol–water partition coefficient (Wildman–Crippen LogP) is 4.09. The maximum atomic E-state index is 12.3. The largest absolute Gasteiger partial charge is 0.299 e. The van der Waals surface area contributed by atoms with Gasteiger partial charge in [0.15, 0.2) is 5.78 Å². The van der Waals surface area contributed by atoms with E-state index >= 15 is 0 Å². The lowest BCUT2D eigenvalue weighted by Crippen LogP contribution is -2.54. The minimum atomic E-state index is -0.240. The van der Waals surface area contributed by atoms with Crippen molar-refractivity contribution in [1.29, 1.82) is 0 Å². The van der Waals surface area contributed by atoms with Crippen molar-refractivity contribution in [3.8, 4) is 0 Å². The molecule has 0 N–H and O–H groups in total. The summed E-state index contributed by atoms with van der Waals surface area (Å²) in [6.07, 6.45) is 7.48. The molecule has 3 aliphatic carbocycles. The van der Waals surface area contributed by atoms with Gasteiger partial charge in [0.05, 0.1) is 0 Å². The van der Waals surface area contributed by atoms with Crippen molar-refractivity contribution in [3.05, 3.63) is 11.6 Å². The Balaban J connectivity index is 2.11. The Labute approximate surface area is 122 Å². The minimum Gasteiger partial charge on any atom is -0.299 e. The highest BCUT2D eigenvalue weighted by Gasteiger charge is 2.58. The maximum absolute atomic E-state index is 12.3. The highest BCUT2D eigenvalue weighted by Crippen LogP contribution is 2.64. The van der Waals surface area contributed by atoms with Crippen LogP contribution in [0.25, 0.3) is 0 Å². The minimum absolute atomic E-state index is 0.0422. The van der Waals surface area contributed by atoms with Gasteiger partial charge in [-0.15, -0.1) is 0 Å². The van der Waals surface area contributed by atoms with Crippen LogP contribution in [0.1, 0.15) is 66.2 Å². The second-order valence-electron chi connectivity index (χ2n) is 8.24. The molecule has 2 saturated carbocycles. The van der Waals surface area contributed by atoms with Crippen LogP contribution in [-0.4, -0.2) is 11.6 Å². The lowest BCUT2D eigenvalue weighted by molar-refractivity contribution is -0.141. The van der Waals surface area contributed by atoms with Crippen LogP contribution in [0.15, 0.2) is 11.6 Å². The van der Waals surface area contributed by atoms with E-state index in [4.69, 9.17) is 0 Å². The van der Waals surface area contributed by atoms with Gasteiger partial charge in [-0.25, -0.2) is 0 Å². The van der Waals surface area contributed by atoms with Crippen molar-refractivity contribution < 1.29 is 9.59 Å². The van der Waals surface area contributed by atoms with Gasteiger partial charge in [-0.2, -0.15) is 0 Å². The molecule has 0 aromatic carbocycles. The first kappa shape index (κ1) is 14.0. The Bertz CT molecular complexity index is 514. The van der Waals surface area contributed by atoms with E-state index in [0.717, 1.165) is 25.7 Å². The Kier molecular flexibility index (Phi) is 2.84. The van der Waals surface area contributed by atoms with Crippen LogP contribution in [0.2, 0.25) is 0 Å². The second-order valence-corrected chi connectivity index (χ2v) is 8.24. The molecule has 0 aromatic heterocycles. The lowest BCUT2D eigenvalue weighted by Gasteiger charge is -2.59. The number of fused-ring (bicyclic) bond motifs is 3. The molecule has 2 heteroatoms. The van der Waals surface area contributed by atoms with Gasteiger partial charge in [0.1, 0.15) is 5.78 Å². The summed E-state index contributed by atoms with van der Waals surface area (Å²) in [5.74, 6) is 1.09. The third kappa shape index (κ3) is 1.69. The summed E-state index contributed by atoms with van der Waals surface area (Å²) in [7, 11) is 0. The second kappa shape index (κ2) is 4.05. The van der Waals surface area contributed by atoms with Gasteiger partial charge in [0.25, 0.3) is 0 Å². The van der Waals surface area contributed by atoms with E-state index in [1.165, 1.54) is 5.57 Å². The smallest absolute Gasteiger partial charge is 0.155 e. The van der Waals surface area contributed by atoms with E-state index in [1.54, 1.807) is 0 Å². The summed E-state index contributed by atoms with van der Waals surface area (Å²) in [6, 6.07) is 0. The Morgan fingerprint density at radius 2 is 1.70 bits per heavy atom. The summed E-state index contributed by atoms with van der Waals surface area (Å²) in [5, 5.41) is 0. The third-order valence-corrected chi connectivity index (χ3v) is 6.71. The summed E-state index contributed by atoms with van der Waals surface area (Å²) in [6.45, 7) is 8.88. The van der Waals surface area contributed by atoms with Crippen LogP contribution in [0.3, 0.4) is 0 Å². The van der Waals surface area contributed by atoms with Crippen molar-refractivity contribution in [2.45, 2.75) is 66.2 Å². The standard InChI is InChI=1S/C18H26O2/c1-16(2)13-6-9-17(3)8-5-12(19)11-14(17)18(13,4)10-7-15(16)20/h11,13H,5-10H2,1-4H3/t13-,17?,18-/m0/s1. The third-order valence-electron chi connectivity index (χ3n) is 6.71. The molecule has 3 rings (SSSR count). The van der Waals surface area contributed by atoms with Crippen molar-refractivity contribution in [3.63, 3.8) is 0 Å². The molecule has 3 atom stereocenters. The molecule has 0 aliphatic heterocycles. The molecule has 110 valence electrons. The number of allylic oxidation sites excluding steroid dienone is 2. The van der Waals surface area contributed by atoms with Crippen LogP contribution >= 0.6 is 0 Å². The van der Waals surface area contributed by atoms with Gasteiger partial charge in [-0.3, -0.25) is 9.59 Å². The van der Waals surface area contributed by atoms with E-state index in [9.17, 15) is 9.59 Å². The Hall–Kier alpha value is -0.920. The van der Waals surface area contributed by atoms with Crippen molar-refractivity contribution >= 4 is 11.6 Å². The van der Waals surface area contributed by atoms with Crippen LogP contribution in [0, 0.1) is 22.2 Å². The van der Waals surface area contributed by atoms with Gasteiger partial charge in [-0.05, 0) is 48.5 Å². The molecule has 0 amide bonds. The average Bonchev–Trinajstić information content (AvgIpc) is 2.37. The normalized spacial score (nSPS) is 43.6. The monoisotopic (exact) mass is 274 g/mol. The summed E-state index contributed by atoms with van der Waals surface area (Å²) >= 11 is 0. The number of hydrogen-bond acceptors (Lipinski definition) is 2. The lowest BCUT2D eigenvalue weighted by atomic mass is 9.44. The number of rotatable bonds is 0. The quantitative estimate of drug-likeness (QED) is 0.667. The molecule has 2 fully saturated rings. The van der Waals surface area contributed by atoms with Gasteiger partial charge >= 0.3 is 0 Å². The van der Waals surface area contributed by atoms with E-state index < -0.39 is 0 Å². The van der Waals surface area contributed by atoms with E-state index in [2.05, 4.69) is 27.7 Å². The molecule has 2 nitrogen and oxygen atoms in total. The molecular weight excluding hydrogens is 248 g/mol. The fourth-order valence-electron chi connectivity index (χ4n) is 5.38. The van der Waals surface area contributed by atoms with Crippen LogP contribution < -0.4 is 0 Å². The van der Waals surface area contributed by atoms with Gasteiger partial charge < -0.3 is 0 Å². The van der Waals surface area contributed by atoms with Crippen molar-refractivity contribution in [2.24, 2.45) is 22.2 Å². The molecule has 0 heterocycles. The first-order chi connectivity index (χ1) is 9.20. The summed E-state index contributed by atoms with van der Waals surface area (Å²) in [5.41, 5.74) is 1.35. The van der Waals surface area contributed by atoms with Crippen molar-refractivity contribution in [1.82, 2.24) is 0 Å². The molecule has 20 heavy (non-hydrogen) atoms. The first-order valence-electron chi connectivity index (χ1n) is 7.99. The topological polar surface area (TPSA) is 34.1 Å². The molecular formula is C18H26O2. The molecule has 0 aromatic rings. The Morgan fingerprint density at radius 1 is 1.00 bits per heavy atom. The molecule has 0 saturated heterocycles. The van der Waals surface area contributed by atoms with E-state index in [0.29, 0.717) is 24.5 Å². The number of carbonyl (C=O) groups is 2. The molecule has 0 bridgehead atoms. The fourth-order valence-corrected chi connectivity index (χ4v) is 5.38. The number of ketones is 2. The molecule has 0 spiro atoms. The van der Waals surface area contributed by atoms with E-state index in [1.807, 2.05) is 6.08 Å². The van der Waals surface area contributed by atoms with Crippen LogP contribution in [0.5, 0.6) is 0 Å². The maximum Gasteiger partial charge on any atom is 0.155 e. The zero-order valence-corrected chi connectivity index (χ0v) is 13.2. The number of hydrogen-bond donors (Lipinski definition) is 0. The van der Waals surface area contributed by atoms with Crippen LogP contribution in [-0.2, 0) is 9.59 Å². The molecule has 0 radical (unpaired) electrons.